The molecule has 1 aliphatic carbocycles. The summed E-state index contributed by atoms with van der Waals surface area (Å²) in [7, 11) is 0. The van der Waals surface area contributed by atoms with Gasteiger partial charge in [-0.1, -0.05) is 24.3 Å². The molecular formula is C24H16O7. The van der Waals surface area contributed by atoms with E-state index in [1.807, 2.05) is 0 Å². The van der Waals surface area contributed by atoms with Crippen LogP contribution in [-0.4, -0.2) is 27.8 Å². The van der Waals surface area contributed by atoms with Crippen molar-refractivity contribution in [2.75, 3.05) is 0 Å². The molecule has 0 atom stereocenters. The van der Waals surface area contributed by atoms with Crippen LogP contribution in [0.3, 0.4) is 0 Å². The molecule has 0 amide bonds. The van der Waals surface area contributed by atoms with Gasteiger partial charge in [0, 0.05) is 6.08 Å². The molecule has 0 saturated carbocycles. The highest BCUT2D eigenvalue weighted by Crippen LogP contribution is 2.49. The van der Waals surface area contributed by atoms with Crippen LogP contribution in [0.15, 0.2) is 84.0 Å². The Labute approximate surface area is 176 Å². The maximum Gasteiger partial charge on any atom is 0.440 e. The lowest BCUT2D eigenvalue weighted by molar-refractivity contribution is -0.253. The van der Waals surface area contributed by atoms with E-state index < -0.39 is 17.5 Å². The van der Waals surface area contributed by atoms with Crippen molar-refractivity contribution in [1.82, 2.24) is 0 Å². The van der Waals surface area contributed by atoms with Crippen LogP contribution in [0.1, 0.15) is 18.1 Å². The first-order valence-electron chi connectivity index (χ1n) is 9.50. The molecule has 0 radical (unpaired) electrons. The second-order valence-corrected chi connectivity index (χ2v) is 7.09. The Balaban J connectivity index is 1.75. The van der Waals surface area contributed by atoms with Crippen LogP contribution in [0.25, 0.3) is 11.1 Å². The molecule has 1 spiro atoms. The number of allylic oxidation sites excluding steroid dienone is 4. The number of aromatic hydroxyl groups is 2. The van der Waals surface area contributed by atoms with Crippen molar-refractivity contribution in [2.24, 2.45) is 0 Å². The molecule has 1 fully saturated rings. The van der Waals surface area contributed by atoms with E-state index in [0.29, 0.717) is 16.9 Å². The van der Waals surface area contributed by atoms with Crippen molar-refractivity contribution in [3.05, 3.63) is 95.2 Å². The predicted molar refractivity (Wildman–Crippen MR) is 109 cm³/mol. The van der Waals surface area contributed by atoms with E-state index in [-0.39, 0.29) is 34.2 Å². The van der Waals surface area contributed by atoms with Gasteiger partial charge in [0.2, 0.25) is 11.6 Å². The topological polar surface area (TPSA) is 102 Å². The fourth-order valence-corrected chi connectivity index (χ4v) is 3.62. The number of rotatable bonds is 2. The van der Waals surface area contributed by atoms with Crippen LogP contribution in [0.5, 0.6) is 11.5 Å². The van der Waals surface area contributed by atoms with Crippen LogP contribution in [0.4, 0.5) is 0 Å². The van der Waals surface area contributed by atoms with Gasteiger partial charge in [-0.2, -0.15) is 0 Å². The lowest BCUT2D eigenvalue weighted by atomic mass is 9.85. The summed E-state index contributed by atoms with van der Waals surface area (Å²) in [4.78, 5) is 26.3. The second-order valence-electron chi connectivity index (χ2n) is 7.09. The van der Waals surface area contributed by atoms with Crippen LogP contribution in [0, 0.1) is 0 Å². The van der Waals surface area contributed by atoms with Crippen LogP contribution in [0.2, 0.25) is 0 Å². The van der Waals surface area contributed by atoms with Gasteiger partial charge in [0.25, 0.3) is 0 Å². The number of ether oxygens (including phenoxy) is 3. The van der Waals surface area contributed by atoms with E-state index in [0.717, 1.165) is 0 Å². The molecule has 154 valence electrons. The molecule has 0 aromatic heterocycles. The van der Waals surface area contributed by atoms with E-state index in [4.69, 9.17) is 14.2 Å². The van der Waals surface area contributed by atoms with Gasteiger partial charge in [0.1, 0.15) is 17.3 Å². The number of carbonyl (C=O) groups is 2. The van der Waals surface area contributed by atoms with Gasteiger partial charge in [-0.25, -0.2) is 0 Å². The normalized spacial score (nSPS) is 20.2. The summed E-state index contributed by atoms with van der Waals surface area (Å²) in [5, 5.41) is 19.2. The van der Waals surface area contributed by atoms with Crippen LogP contribution < -0.4 is 0 Å². The van der Waals surface area contributed by atoms with Gasteiger partial charge in [-0.05, 0) is 54.5 Å². The van der Waals surface area contributed by atoms with E-state index in [9.17, 15) is 19.8 Å². The third kappa shape index (κ3) is 2.90. The van der Waals surface area contributed by atoms with Crippen molar-refractivity contribution in [1.29, 1.82) is 0 Å². The summed E-state index contributed by atoms with van der Waals surface area (Å²) in [6.45, 7) is 1.79. The lowest BCUT2D eigenvalue weighted by Gasteiger charge is -2.19. The number of phenolic OH excluding ortho intramolecular Hbond substituents is 2. The first-order chi connectivity index (χ1) is 14.9. The number of fused-ring (bicyclic) bond motifs is 1. The predicted octanol–water partition coefficient (Wildman–Crippen LogP) is 3.56. The SMILES string of the molecule is CC=C1C=CC2(O1)OC1=C(c3ccc(O)cc3)C(=O)C(=O)C(c3ccc(O)cc3)=C1O2. The Bertz CT molecular complexity index is 1160. The zero-order valence-corrected chi connectivity index (χ0v) is 16.3. The zero-order chi connectivity index (χ0) is 21.8. The third-order valence-electron chi connectivity index (χ3n) is 5.12. The number of ketones is 2. The molecule has 7 heteroatoms. The quantitative estimate of drug-likeness (QED) is 0.570. The Morgan fingerprint density at radius 3 is 1.58 bits per heavy atom. The van der Waals surface area contributed by atoms with Crippen molar-refractivity contribution in [3.63, 3.8) is 0 Å². The number of carbonyl (C=O) groups excluding carboxylic acids is 2. The fourth-order valence-electron chi connectivity index (χ4n) is 3.62. The molecule has 3 aliphatic rings. The average molecular weight is 416 g/mol. The largest absolute Gasteiger partial charge is 0.508 e. The molecule has 2 N–H and O–H groups in total. The maximum atomic E-state index is 13.2. The monoisotopic (exact) mass is 416 g/mol. The van der Waals surface area contributed by atoms with E-state index in [1.165, 1.54) is 48.5 Å². The van der Waals surface area contributed by atoms with Gasteiger partial charge in [0.15, 0.2) is 11.5 Å². The minimum Gasteiger partial charge on any atom is -0.508 e. The Hall–Kier alpha value is -4.26. The highest BCUT2D eigenvalue weighted by Gasteiger charge is 2.53. The third-order valence-corrected chi connectivity index (χ3v) is 5.12. The van der Waals surface area contributed by atoms with E-state index >= 15 is 0 Å². The summed E-state index contributed by atoms with van der Waals surface area (Å²) in [6, 6.07) is 11.7. The number of hydrogen-bond acceptors (Lipinski definition) is 7. The van der Waals surface area contributed by atoms with Gasteiger partial charge < -0.3 is 24.4 Å². The Morgan fingerprint density at radius 2 is 1.19 bits per heavy atom. The molecule has 1 saturated heterocycles. The smallest absolute Gasteiger partial charge is 0.440 e. The van der Waals surface area contributed by atoms with E-state index in [1.54, 1.807) is 25.2 Å². The van der Waals surface area contributed by atoms with Crippen molar-refractivity contribution < 1.29 is 34.0 Å². The number of Topliss-reactive ketones (excluding diaryl/α,β-unsaturated/α-hetero) is 2. The van der Waals surface area contributed by atoms with Crippen molar-refractivity contribution in [3.8, 4) is 11.5 Å². The molecule has 2 aliphatic heterocycles. The molecule has 2 aromatic rings. The molecule has 5 rings (SSSR count). The van der Waals surface area contributed by atoms with Crippen molar-refractivity contribution >= 4 is 22.7 Å². The first kappa shape index (κ1) is 18.7. The summed E-state index contributed by atoms with van der Waals surface area (Å²) < 4.78 is 17.8. The highest BCUT2D eigenvalue weighted by atomic mass is 16.9. The standard InChI is InChI=1S/C24H16O7/c1-2-17-11-12-24(29-17)30-22-18(13-3-7-15(25)8-4-13)20(27)21(28)19(23(22)31-24)14-5-9-16(26)10-6-14/h2-12,25-26H,1H3. The molecule has 31 heavy (non-hydrogen) atoms. The lowest BCUT2D eigenvalue weighted by Crippen LogP contribution is -2.26. The summed E-state index contributed by atoms with van der Waals surface area (Å²) in [5.74, 6) is -2.51. The molecular weight excluding hydrogens is 400 g/mol. The van der Waals surface area contributed by atoms with Gasteiger partial charge >= 0.3 is 5.97 Å². The second kappa shape index (κ2) is 6.63. The molecule has 2 aromatic carbocycles. The van der Waals surface area contributed by atoms with Gasteiger partial charge in [0.05, 0.1) is 11.1 Å². The molecule has 0 bridgehead atoms. The van der Waals surface area contributed by atoms with Crippen LogP contribution in [-0.2, 0) is 23.8 Å². The van der Waals surface area contributed by atoms with Crippen molar-refractivity contribution in [2.45, 2.75) is 12.9 Å². The zero-order valence-electron chi connectivity index (χ0n) is 16.3. The minimum atomic E-state index is -1.64. The minimum absolute atomic E-state index is 0.0179. The van der Waals surface area contributed by atoms with Crippen LogP contribution >= 0.6 is 0 Å². The number of benzene rings is 2. The first-order valence-corrected chi connectivity index (χ1v) is 9.50. The summed E-state index contributed by atoms with van der Waals surface area (Å²) in [6.07, 6.45) is 4.95. The van der Waals surface area contributed by atoms with Gasteiger partial charge in [-0.3, -0.25) is 9.59 Å². The van der Waals surface area contributed by atoms with Gasteiger partial charge in [-0.15, -0.1) is 0 Å². The average Bonchev–Trinajstić information content (AvgIpc) is 3.34. The number of phenols is 2. The summed E-state index contributed by atoms with van der Waals surface area (Å²) >= 11 is 0. The molecule has 2 heterocycles. The molecule has 7 nitrogen and oxygen atoms in total. The molecule has 0 unspecified atom stereocenters. The summed E-state index contributed by atoms with van der Waals surface area (Å²) in [5.41, 5.74) is 0.820. The Kier molecular flexibility index (Phi) is 4.01. The van der Waals surface area contributed by atoms with E-state index in [2.05, 4.69) is 0 Å². The maximum absolute atomic E-state index is 13.2. The fraction of sp³-hybridized carbons (Fsp3) is 0.0833. The highest BCUT2D eigenvalue weighted by molar-refractivity contribution is 6.66. The Morgan fingerprint density at radius 1 is 0.742 bits per heavy atom. The number of hydrogen-bond donors (Lipinski definition) is 2.